The maximum Gasteiger partial charge on any atom is 0.248 e. The topological polar surface area (TPSA) is 73.1 Å². The third kappa shape index (κ3) is 3.87. The maximum absolute atomic E-state index is 12.0. The molecule has 0 bridgehead atoms. The number of likely N-dealkylation sites (tertiary alicyclic amines) is 1. The van der Waals surface area contributed by atoms with Crippen LogP contribution >= 0.6 is 0 Å². The molecule has 1 aliphatic heterocycles. The molecule has 0 spiro atoms. The zero-order valence-electron chi connectivity index (χ0n) is 15.1. The number of methoxy groups -OCH3 is 1. The van der Waals surface area contributed by atoms with Crippen LogP contribution < -0.4 is 0 Å². The van der Waals surface area contributed by atoms with E-state index in [9.17, 15) is 4.79 Å². The molecule has 1 amide bonds. The van der Waals surface area contributed by atoms with Crippen molar-refractivity contribution in [1.29, 1.82) is 0 Å². The lowest BCUT2D eigenvalue weighted by molar-refractivity contribution is -0.136. The number of rotatable bonds is 5. The molecule has 1 atom stereocenters. The minimum absolute atomic E-state index is 0.0395. The molecule has 7 heteroatoms. The second-order valence-corrected chi connectivity index (χ2v) is 6.69. The summed E-state index contributed by atoms with van der Waals surface area (Å²) in [6.45, 7) is 5.78. The molecule has 3 rings (SSSR count). The largest absolute Gasteiger partial charge is 0.375 e. The van der Waals surface area contributed by atoms with Crippen molar-refractivity contribution in [3.8, 4) is 11.4 Å². The van der Waals surface area contributed by atoms with Crippen molar-refractivity contribution in [2.75, 3.05) is 26.8 Å². The van der Waals surface area contributed by atoms with E-state index in [1.807, 2.05) is 21.8 Å². The van der Waals surface area contributed by atoms with Gasteiger partial charge in [-0.1, -0.05) is 0 Å². The summed E-state index contributed by atoms with van der Waals surface area (Å²) in [5, 5.41) is 4.34. The van der Waals surface area contributed by atoms with Crippen LogP contribution in [-0.4, -0.2) is 57.4 Å². The summed E-state index contributed by atoms with van der Waals surface area (Å²) >= 11 is 0. The molecule has 2 aromatic rings. The van der Waals surface area contributed by atoms with E-state index in [-0.39, 0.29) is 24.5 Å². The number of hydrogen-bond donors (Lipinski definition) is 0. The molecule has 7 nitrogen and oxygen atoms in total. The molecule has 0 aromatic carbocycles. The molecule has 2 aromatic heterocycles. The number of aromatic nitrogens is 4. The van der Waals surface area contributed by atoms with Gasteiger partial charge >= 0.3 is 0 Å². The van der Waals surface area contributed by atoms with E-state index in [0.717, 1.165) is 36.5 Å². The lowest BCUT2D eigenvalue weighted by Crippen LogP contribution is -2.41. The minimum atomic E-state index is 0.0395. The Hall–Kier alpha value is -2.28. The van der Waals surface area contributed by atoms with Gasteiger partial charge in [-0.3, -0.25) is 19.4 Å². The average molecular weight is 343 g/mol. The van der Waals surface area contributed by atoms with Crippen molar-refractivity contribution in [2.45, 2.75) is 38.6 Å². The van der Waals surface area contributed by atoms with Crippen LogP contribution in [-0.2, 0) is 9.53 Å². The average Bonchev–Trinajstić information content (AvgIpc) is 3.12. The first-order valence-electron chi connectivity index (χ1n) is 8.72. The third-order valence-corrected chi connectivity index (χ3v) is 4.55. The number of piperidine rings is 1. The summed E-state index contributed by atoms with van der Waals surface area (Å²) in [7, 11) is 1.55. The van der Waals surface area contributed by atoms with E-state index < -0.39 is 0 Å². The van der Waals surface area contributed by atoms with Crippen LogP contribution in [0.2, 0.25) is 0 Å². The van der Waals surface area contributed by atoms with Crippen LogP contribution in [0.3, 0.4) is 0 Å². The van der Waals surface area contributed by atoms with Crippen LogP contribution in [0.4, 0.5) is 0 Å². The third-order valence-electron chi connectivity index (χ3n) is 4.55. The number of nitrogens with zero attached hydrogens (tertiary/aromatic N) is 5. The second-order valence-electron chi connectivity index (χ2n) is 6.69. The molecule has 1 fully saturated rings. The Morgan fingerprint density at radius 1 is 1.36 bits per heavy atom. The van der Waals surface area contributed by atoms with Gasteiger partial charge in [-0.2, -0.15) is 5.10 Å². The molecule has 25 heavy (non-hydrogen) atoms. The fraction of sp³-hybridized carbons (Fsp3) is 0.556. The predicted molar refractivity (Wildman–Crippen MR) is 94.1 cm³/mol. The monoisotopic (exact) mass is 343 g/mol. The molecule has 3 heterocycles. The summed E-state index contributed by atoms with van der Waals surface area (Å²) in [6.07, 6.45) is 7.42. The quantitative estimate of drug-likeness (QED) is 0.833. The number of carbonyl (C=O) groups is 1. The van der Waals surface area contributed by atoms with Crippen molar-refractivity contribution < 1.29 is 9.53 Å². The van der Waals surface area contributed by atoms with Gasteiger partial charge in [0.25, 0.3) is 0 Å². The van der Waals surface area contributed by atoms with E-state index in [0.29, 0.717) is 6.54 Å². The van der Waals surface area contributed by atoms with Gasteiger partial charge in [0.1, 0.15) is 12.3 Å². The maximum atomic E-state index is 12.0. The van der Waals surface area contributed by atoms with E-state index >= 15 is 0 Å². The van der Waals surface area contributed by atoms with E-state index in [4.69, 9.17) is 4.74 Å². The van der Waals surface area contributed by atoms with Crippen LogP contribution in [0.5, 0.6) is 0 Å². The van der Waals surface area contributed by atoms with E-state index in [2.05, 4.69) is 28.9 Å². The second kappa shape index (κ2) is 7.74. The molecule has 134 valence electrons. The molecule has 1 aliphatic rings. The Morgan fingerprint density at radius 2 is 2.20 bits per heavy atom. The molecule has 0 saturated carbocycles. The zero-order valence-corrected chi connectivity index (χ0v) is 15.1. The number of amides is 1. The van der Waals surface area contributed by atoms with Gasteiger partial charge in [-0.25, -0.2) is 0 Å². The van der Waals surface area contributed by atoms with Gasteiger partial charge in [-0.15, -0.1) is 0 Å². The highest BCUT2D eigenvalue weighted by atomic mass is 16.5. The Morgan fingerprint density at radius 3 is 2.88 bits per heavy atom. The molecule has 0 radical (unpaired) electrons. The minimum Gasteiger partial charge on any atom is -0.375 e. The Kier molecular flexibility index (Phi) is 5.43. The normalized spacial score (nSPS) is 17.9. The van der Waals surface area contributed by atoms with Crippen LogP contribution in [0, 0.1) is 0 Å². The summed E-state index contributed by atoms with van der Waals surface area (Å²) in [4.78, 5) is 23.1. The standard InChI is InChI=1S/C18H25N5O2/c1-13(2)23-17(6-7-21-23)16-10-19-15(9-20-16)14-5-4-8-22(11-14)18(24)12-25-3/h6-7,9-10,13-14H,4-5,8,11-12H2,1-3H3/t14-/m1/s1. The molecule has 0 aliphatic carbocycles. The number of carbonyl (C=O) groups excluding carboxylic acids is 1. The lowest BCUT2D eigenvalue weighted by atomic mass is 9.95. The van der Waals surface area contributed by atoms with Gasteiger partial charge in [0.05, 0.1) is 17.6 Å². The number of ether oxygens (including phenoxy) is 1. The number of hydrogen-bond acceptors (Lipinski definition) is 5. The first kappa shape index (κ1) is 17.5. The van der Waals surface area contributed by atoms with Gasteiger partial charge in [0.15, 0.2) is 0 Å². The van der Waals surface area contributed by atoms with Gasteiger partial charge in [0.2, 0.25) is 5.91 Å². The van der Waals surface area contributed by atoms with Crippen LogP contribution in [0.1, 0.15) is 44.3 Å². The van der Waals surface area contributed by atoms with Gasteiger partial charge in [-0.05, 0) is 32.8 Å². The summed E-state index contributed by atoms with van der Waals surface area (Å²) in [5.74, 6) is 0.267. The summed E-state index contributed by atoms with van der Waals surface area (Å²) < 4.78 is 6.90. The van der Waals surface area contributed by atoms with Crippen LogP contribution in [0.15, 0.2) is 24.7 Å². The summed E-state index contributed by atoms with van der Waals surface area (Å²) in [5.41, 5.74) is 2.72. The Balaban J connectivity index is 1.74. The highest BCUT2D eigenvalue weighted by Gasteiger charge is 2.25. The van der Waals surface area contributed by atoms with Gasteiger partial charge < -0.3 is 9.64 Å². The molecular weight excluding hydrogens is 318 g/mol. The first-order chi connectivity index (χ1) is 12.1. The predicted octanol–water partition coefficient (Wildman–Crippen LogP) is 2.27. The van der Waals surface area contributed by atoms with Crippen LogP contribution in [0.25, 0.3) is 11.4 Å². The van der Waals surface area contributed by atoms with Crippen molar-refractivity contribution in [1.82, 2.24) is 24.6 Å². The van der Waals surface area contributed by atoms with Crippen molar-refractivity contribution in [3.05, 3.63) is 30.4 Å². The smallest absolute Gasteiger partial charge is 0.248 e. The van der Waals surface area contributed by atoms with Crippen molar-refractivity contribution in [3.63, 3.8) is 0 Å². The summed E-state index contributed by atoms with van der Waals surface area (Å²) in [6, 6.07) is 2.22. The van der Waals surface area contributed by atoms with Crippen molar-refractivity contribution >= 4 is 5.91 Å². The zero-order chi connectivity index (χ0) is 17.8. The highest BCUT2D eigenvalue weighted by Crippen LogP contribution is 2.26. The van der Waals surface area contributed by atoms with Gasteiger partial charge in [0, 0.05) is 44.6 Å². The lowest BCUT2D eigenvalue weighted by Gasteiger charge is -2.32. The van der Waals surface area contributed by atoms with E-state index in [1.54, 1.807) is 19.5 Å². The first-order valence-corrected chi connectivity index (χ1v) is 8.72. The molecule has 1 saturated heterocycles. The fourth-order valence-electron chi connectivity index (χ4n) is 3.27. The molecule has 0 N–H and O–H groups in total. The fourth-order valence-corrected chi connectivity index (χ4v) is 3.27. The molecule has 0 unspecified atom stereocenters. The Bertz CT molecular complexity index is 711. The SMILES string of the molecule is COCC(=O)N1CCC[C@@H](c2cnc(-c3ccnn3C(C)C)cn2)C1. The highest BCUT2D eigenvalue weighted by molar-refractivity contribution is 5.77. The van der Waals surface area contributed by atoms with Crippen molar-refractivity contribution in [2.24, 2.45) is 0 Å². The molecular formula is C18H25N5O2. The Labute approximate surface area is 148 Å². The van der Waals surface area contributed by atoms with E-state index in [1.165, 1.54) is 0 Å².